The summed E-state index contributed by atoms with van der Waals surface area (Å²) in [5, 5.41) is 22.0. The van der Waals surface area contributed by atoms with Crippen molar-refractivity contribution >= 4 is 34.5 Å². The molecule has 2 N–H and O–H groups in total. The largest absolute Gasteiger partial charge is 0.608 e. The minimum absolute atomic E-state index is 0.0212. The van der Waals surface area contributed by atoms with Crippen LogP contribution < -0.4 is 9.47 Å². The summed E-state index contributed by atoms with van der Waals surface area (Å²) >= 11 is -2.86. The van der Waals surface area contributed by atoms with E-state index in [9.17, 15) is 19.3 Å². The second-order valence-corrected chi connectivity index (χ2v) is 8.36. The van der Waals surface area contributed by atoms with Gasteiger partial charge in [0.2, 0.25) is 0 Å². The van der Waals surface area contributed by atoms with E-state index in [1.54, 1.807) is 36.4 Å². The third kappa shape index (κ3) is 6.44. The van der Waals surface area contributed by atoms with Crippen LogP contribution in [0, 0.1) is 0 Å². The van der Waals surface area contributed by atoms with Crippen LogP contribution in [0.15, 0.2) is 47.2 Å². The Balaban J connectivity index is 1.94. The maximum atomic E-state index is 12.1. The lowest BCUT2D eigenvalue weighted by Gasteiger charge is -2.08. The van der Waals surface area contributed by atoms with E-state index < -0.39 is 22.4 Å². The molecule has 0 aliphatic rings. The Morgan fingerprint density at radius 2 is 1.22 bits per heavy atom. The van der Waals surface area contributed by atoms with Gasteiger partial charge in [-0.05, 0) is 47.5 Å². The van der Waals surface area contributed by atoms with Gasteiger partial charge in [-0.2, -0.15) is 0 Å². The van der Waals surface area contributed by atoms with Crippen LogP contribution in [0.3, 0.4) is 0 Å². The quantitative estimate of drug-likeness (QED) is 0.650. The van der Waals surface area contributed by atoms with Gasteiger partial charge in [0.1, 0.15) is 10.8 Å². The first-order chi connectivity index (χ1) is 12.9. The number of benzene rings is 2. The van der Waals surface area contributed by atoms with Crippen molar-refractivity contribution in [1.82, 2.24) is 0 Å². The standard InChI is InChI=1S/C19H20O6S2/c1-24-18-11-14(3-5-16(18)20)7-9-26(22)13-27(23)10-8-15-4-6-17(21)19(12-15)25-2/h3-12,20-21H,13H2,1-2H3/b9-7+,10-8+. The fourth-order valence-corrected chi connectivity index (χ4v) is 4.26. The van der Waals surface area contributed by atoms with Crippen LogP contribution >= 0.6 is 0 Å². The van der Waals surface area contributed by atoms with Crippen LogP contribution in [-0.4, -0.2) is 38.6 Å². The molecule has 0 aliphatic carbocycles. The van der Waals surface area contributed by atoms with E-state index in [4.69, 9.17) is 9.47 Å². The summed E-state index contributed by atoms with van der Waals surface area (Å²) in [5.74, 6) is 0.679. The van der Waals surface area contributed by atoms with E-state index in [-0.39, 0.29) is 16.6 Å². The highest BCUT2D eigenvalue weighted by molar-refractivity contribution is 8.10. The summed E-state index contributed by atoms with van der Waals surface area (Å²) in [6.07, 6.45) is 3.23. The first-order valence-electron chi connectivity index (χ1n) is 7.77. The van der Waals surface area contributed by atoms with Crippen molar-refractivity contribution in [3.63, 3.8) is 0 Å². The van der Waals surface area contributed by atoms with E-state index in [0.29, 0.717) is 22.6 Å². The normalized spacial score (nSPS) is 13.8. The highest BCUT2D eigenvalue weighted by Crippen LogP contribution is 2.28. The molecule has 2 aromatic rings. The monoisotopic (exact) mass is 408 g/mol. The van der Waals surface area contributed by atoms with Gasteiger partial charge in [0.05, 0.1) is 14.2 Å². The van der Waals surface area contributed by atoms with Crippen molar-refractivity contribution in [2.24, 2.45) is 0 Å². The van der Waals surface area contributed by atoms with Gasteiger partial charge in [-0.1, -0.05) is 12.1 Å². The van der Waals surface area contributed by atoms with Crippen molar-refractivity contribution < 1.29 is 28.8 Å². The van der Waals surface area contributed by atoms with Crippen LogP contribution in [0.1, 0.15) is 11.1 Å². The molecular formula is C19H20O6S2. The highest BCUT2D eigenvalue weighted by atomic mass is 32.3. The van der Waals surface area contributed by atoms with Crippen LogP contribution in [0.2, 0.25) is 0 Å². The third-order valence-electron chi connectivity index (χ3n) is 3.46. The highest BCUT2D eigenvalue weighted by Gasteiger charge is 2.12. The van der Waals surface area contributed by atoms with E-state index in [1.165, 1.54) is 37.2 Å². The van der Waals surface area contributed by atoms with Gasteiger partial charge >= 0.3 is 0 Å². The van der Waals surface area contributed by atoms with Gasteiger partial charge in [0, 0.05) is 22.4 Å². The molecule has 0 amide bonds. The predicted molar refractivity (Wildman–Crippen MR) is 109 cm³/mol. The van der Waals surface area contributed by atoms with Crippen molar-refractivity contribution in [2.45, 2.75) is 0 Å². The Hall–Kier alpha value is -2.26. The van der Waals surface area contributed by atoms with Crippen LogP contribution in [-0.2, 0) is 22.4 Å². The molecule has 27 heavy (non-hydrogen) atoms. The van der Waals surface area contributed by atoms with Gasteiger partial charge in [-0.3, -0.25) is 0 Å². The number of phenols is 2. The molecular weight excluding hydrogens is 388 g/mol. The number of ether oxygens (including phenoxy) is 2. The Morgan fingerprint density at radius 1 is 0.815 bits per heavy atom. The summed E-state index contributed by atoms with van der Waals surface area (Å²) in [6, 6.07) is 9.49. The van der Waals surface area contributed by atoms with E-state index in [1.807, 2.05) is 0 Å². The topological polar surface area (TPSA) is 105 Å². The maximum Gasteiger partial charge on any atom is 0.262 e. The average molecular weight is 408 g/mol. The molecule has 0 saturated carbocycles. The molecule has 0 saturated heterocycles. The Labute approximate surface area is 164 Å². The van der Waals surface area contributed by atoms with Crippen LogP contribution in [0.4, 0.5) is 0 Å². The van der Waals surface area contributed by atoms with Crippen molar-refractivity contribution in [3.8, 4) is 23.0 Å². The molecule has 2 rings (SSSR count). The Bertz CT molecular complexity index is 754. The summed E-state index contributed by atoms with van der Waals surface area (Å²) in [6.45, 7) is 0. The number of aromatic hydroxyl groups is 2. The maximum absolute atomic E-state index is 12.1. The molecule has 8 heteroatoms. The lowest BCUT2D eigenvalue weighted by Crippen LogP contribution is -2.11. The SMILES string of the molecule is COc1cc(/C=C/[S+]([O-])C[S+]([O-])/C=C/c2ccc(O)c(OC)c2)ccc1O. The van der Waals surface area contributed by atoms with Crippen LogP contribution in [0.25, 0.3) is 12.2 Å². The summed E-state index contributed by atoms with van der Waals surface area (Å²) in [4.78, 5) is 0. The molecule has 0 radical (unpaired) electrons. The molecule has 6 nitrogen and oxygen atoms in total. The molecule has 0 heterocycles. The first-order valence-corrected chi connectivity index (χ1v) is 10.5. The van der Waals surface area contributed by atoms with Crippen molar-refractivity contribution in [2.75, 3.05) is 19.3 Å². The predicted octanol–water partition coefficient (Wildman–Crippen LogP) is 3.21. The first kappa shape index (κ1) is 21.0. The Morgan fingerprint density at radius 3 is 1.59 bits per heavy atom. The zero-order valence-electron chi connectivity index (χ0n) is 14.8. The minimum Gasteiger partial charge on any atom is -0.608 e. The van der Waals surface area contributed by atoms with Gasteiger partial charge in [0.25, 0.3) is 5.08 Å². The lowest BCUT2D eigenvalue weighted by molar-refractivity contribution is 0.373. The molecule has 0 aromatic heterocycles. The Kier molecular flexibility index (Phi) is 7.93. The smallest absolute Gasteiger partial charge is 0.262 e. The van der Waals surface area contributed by atoms with E-state index in [2.05, 4.69) is 0 Å². The fraction of sp³-hybridized carbons (Fsp3) is 0.158. The van der Waals surface area contributed by atoms with E-state index >= 15 is 0 Å². The molecule has 2 aromatic carbocycles. The summed E-state index contributed by atoms with van der Waals surface area (Å²) in [7, 11) is 2.89. The number of hydrogen-bond acceptors (Lipinski definition) is 6. The molecule has 2 unspecified atom stereocenters. The number of rotatable bonds is 8. The molecule has 0 fully saturated rings. The second-order valence-electron chi connectivity index (χ2n) is 5.35. The van der Waals surface area contributed by atoms with Gasteiger partial charge in [0.15, 0.2) is 23.0 Å². The number of phenolic OH excluding ortho intramolecular Hbond substituents is 2. The van der Waals surface area contributed by atoms with Gasteiger partial charge in [-0.25, -0.2) is 0 Å². The van der Waals surface area contributed by atoms with Crippen LogP contribution in [0.5, 0.6) is 23.0 Å². The molecule has 0 aliphatic heterocycles. The molecule has 144 valence electrons. The van der Waals surface area contributed by atoms with Crippen molar-refractivity contribution in [3.05, 3.63) is 58.3 Å². The van der Waals surface area contributed by atoms with Crippen molar-refractivity contribution in [1.29, 1.82) is 0 Å². The second kappa shape index (κ2) is 10.2. The summed E-state index contributed by atoms with van der Waals surface area (Å²) in [5.41, 5.74) is 1.41. The minimum atomic E-state index is -1.43. The average Bonchev–Trinajstić information content (AvgIpc) is 2.66. The summed E-state index contributed by atoms with van der Waals surface area (Å²) < 4.78 is 34.2. The van der Waals surface area contributed by atoms with Gasteiger partial charge < -0.3 is 28.8 Å². The van der Waals surface area contributed by atoms with Gasteiger partial charge in [-0.15, -0.1) is 0 Å². The number of hydrogen-bond donors (Lipinski definition) is 2. The molecule has 0 bridgehead atoms. The lowest BCUT2D eigenvalue weighted by atomic mass is 10.2. The molecule has 0 spiro atoms. The fourth-order valence-electron chi connectivity index (χ4n) is 2.10. The molecule has 2 atom stereocenters. The van der Waals surface area contributed by atoms with E-state index in [0.717, 1.165) is 0 Å². The zero-order chi connectivity index (χ0) is 19.8. The number of methoxy groups -OCH3 is 2. The third-order valence-corrected chi connectivity index (χ3v) is 6.20. The zero-order valence-corrected chi connectivity index (χ0v) is 16.5.